The lowest BCUT2D eigenvalue weighted by atomic mass is 10.2. The van der Waals surface area contributed by atoms with E-state index >= 15 is 0 Å². The fourth-order valence-electron chi connectivity index (χ4n) is 1.56. The Morgan fingerprint density at radius 2 is 2.11 bits per heavy atom. The van der Waals surface area contributed by atoms with Crippen LogP contribution in [-0.4, -0.2) is 18.6 Å². The number of hydrogen-bond acceptors (Lipinski definition) is 3. The second kappa shape index (κ2) is 7.49. The number of carbonyl (C=O) groups is 1. The second-order valence-corrected chi connectivity index (χ2v) is 5.19. The Bertz CT molecular complexity index is 404. The van der Waals surface area contributed by atoms with E-state index in [4.69, 9.17) is 0 Å². The van der Waals surface area contributed by atoms with Crippen molar-refractivity contribution in [3.8, 4) is 0 Å². The molecule has 0 saturated carbocycles. The smallest absolute Gasteiger partial charge is 0.325 e. The summed E-state index contributed by atoms with van der Waals surface area (Å²) in [6.07, 6.45) is -4.17. The minimum atomic E-state index is -4.06. The van der Waals surface area contributed by atoms with Gasteiger partial charge in [0.15, 0.2) is 0 Å². The van der Waals surface area contributed by atoms with E-state index in [1.54, 1.807) is 0 Å². The summed E-state index contributed by atoms with van der Waals surface area (Å²) in [7, 11) is 0. The Labute approximate surface area is 114 Å². The molecule has 0 fully saturated rings. The molecule has 0 aliphatic carbocycles. The number of hydrogen-bond donors (Lipinski definition) is 2. The van der Waals surface area contributed by atoms with Gasteiger partial charge in [0.1, 0.15) is 0 Å². The molecule has 3 nitrogen and oxygen atoms in total. The van der Waals surface area contributed by atoms with E-state index in [9.17, 15) is 18.0 Å². The van der Waals surface area contributed by atoms with E-state index in [0.717, 1.165) is 10.6 Å². The van der Waals surface area contributed by atoms with Gasteiger partial charge in [0.25, 0.3) is 0 Å². The summed E-state index contributed by atoms with van der Waals surface area (Å²) < 4.78 is 35.7. The van der Waals surface area contributed by atoms with Gasteiger partial charge in [-0.2, -0.15) is 13.2 Å². The Morgan fingerprint density at radius 1 is 1.37 bits per heavy atom. The number of halogens is 3. The van der Waals surface area contributed by atoms with Crippen LogP contribution in [0.3, 0.4) is 0 Å². The van der Waals surface area contributed by atoms with Crippen LogP contribution < -0.4 is 10.6 Å². The van der Waals surface area contributed by atoms with Crippen molar-refractivity contribution in [2.24, 2.45) is 0 Å². The largest absolute Gasteiger partial charge is 0.389 e. The molecule has 1 rings (SSSR count). The number of alkyl halides is 3. The Kier molecular flexibility index (Phi) is 6.30. The molecule has 0 aromatic carbocycles. The molecule has 7 heteroatoms. The van der Waals surface area contributed by atoms with Gasteiger partial charge in [-0.05, 0) is 30.8 Å². The van der Waals surface area contributed by atoms with Crippen molar-refractivity contribution in [1.29, 1.82) is 0 Å². The fraction of sp³-hybridized carbons (Fsp3) is 0.583. The lowest BCUT2D eigenvalue weighted by Gasteiger charge is -2.07. The van der Waals surface area contributed by atoms with Gasteiger partial charge in [-0.25, -0.2) is 0 Å². The third-order valence-electron chi connectivity index (χ3n) is 2.41. The van der Waals surface area contributed by atoms with Crippen molar-refractivity contribution >= 4 is 22.9 Å². The molecule has 0 spiro atoms. The minimum absolute atomic E-state index is 0.134. The number of rotatable bonds is 7. The molecule has 1 aromatic heterocycles. The Morgan fingerprint density at radius 3 is 2.74 bits per heavy atom. The first-order valence-electron chi connectivity index (χ1n) is 6.00. The molecule has 2 N–H and O–H groups in total. The van der Waals surface area contributed by atoms with Crippen molar-refractivity contribution in [3.63, 3.8) is 0 Å². The van der Waals surface area contributed by atoms with Gasteiger partial charge >= 0.3 is 6.18 Å². The molecule has 0 bridgehead atoms. The topological polar surface area (TPSA) is 41.1 Å². The quantitative estimate of drug-likeness (QED) is 0.755. The number of carbonyl (C=O) groups excluding carboxylic acids is 1. The van der Waals surface area contributed by atoms with Crippen molar-refractivity contribution in [1.82, 2.24) is 5.32 Å². The second-order valence-electron chi connectivity index (χ2n) is 4.19. The summed E-state index contributed by atoms with van der Waals surface area (Å²) in [6.45, 7) is 2.53. The van der Waals surface area contributed by atoms with Crippen LogP contribution in [0.25, 0.3) is 0 Å². The standard InChI is InChI=1S/C12H17F3N2OS/c1-9(18)17-10-4-7-19-11(10)8-16-6-3-2-5-12(13,14)15/h4,7,16H,2-3,5-6,8H2,1H3,(H,17,18). The predicted octanol–water partition coefficient (Wildman–Crippen LogP) is 3.53. The lowest BCUT2D eigenvalue weighted by Crippen LogP contribution is -2.16. The normalized spacial score (nSPS) is 11.6. The molecule has 0 atom stereocenters. The summed E-state index contributed by atoms with van der Waals surface area (Å²) in [5.41, 5.74) is 0.764. The van der Waals surface area contributed by atoms with Crippen LogP contribution in [0.4, 0.5) is 18.9 Å². The number of amides is 1. The van der Waals surface area contributed by atoms with Gasteiger partial charge in [-0.3, -0.25) is 4.79 Å². The van der Waals surface area contributed by atoms with Crippen molar-refractivity contribution in [3.05, 3.63) is 16.3 Å². The lowest BCUT2D eigenvalue weighted by molar-refractivity contribution is -0.135. The van der Waals surface area contributed by atoms with Gasteiger partial charge < -0.3 is 10.6 Å². The summed E-state index contributed by atoms with van der Waals surface area (Å²) >= 11 is 1.50. The molecule has 1 heterocycles. The molecule has 0 saturated heterocycles. The SMILES string of the molecule is CC(=O)Nc1ccsc1CNCCCCC(F)(F)F. The van der Waals surface area contributed by atoms with E-state index in [-0.39, 0.29) is 12.3 Å². The Balaban J connectivity index is 2.19. The summed E-state index contributed by atoms with van der Waals surface area (Å²) in [5, 5.41) is 7.65. The van der Waals surface area contributed by atoms with Crippen LogP contribution in [0.5, 0.6) is 0 Å². The molecule has 0 unspecified atom stereocenters. The Hall–Kier alpha value is -1.08. The predicted molar refractivity (Wildman–Crippen MR) is 70.2 cm³/mol. The van der Waals surface area contributed by atoms with E-state index in [0.29, 0.717) is 19.5 Å². The first-order valence-corrected chi connectivity index (χ1v) is 6.88. The zero-order chi connectivity index (χ0) is 14.3. The van der Waals surface area contributed by atoms with Gasteiger partial charge in [0.05, 0.1) is 5.69 Å². The van der Waals surface area contributed by atoms with E-state index < -0.39 is 12.6 Å². The first kappa shape index (κ1) is 16.0. The van der Waals surface area contributed by atoms with Crippen LogP contribution in [-0.2, 0) is 11.3 Å². The number of unbranched alkanes of at least 4 members (excludes halogenated alkanes) is 1. The molecule has 0 radical (unpaired) electrons. The minimum Gasteiger partial charge on any atom is -0.325 e. The summed E-state index contributed by atoms with van der Waals surface area (Å²) in [6, 6.07) is 1.81. The highest BCUT2D eigenvalue weighted by atomic mass is 32.1. The maximum absolute atomic E-state index is 11.9. The molecule has 108 valence electrons. The van der Waals surface area contributed by atoms with E-state index in [2.05, 4.69) is 10.6 Å². The molecule has 19 heavy (non-hydrogen) atoms. The summed E-state index contributed by atoms with van der Waals surface area (Å²) in [5.74, 6) is -0.134. The number of thiophene rings is 1. The average Bonchev–Trinajstić information content (AvgIpc) is 2.68. The summed E-state index contributed by atoms with van der Waals surface area (Å²) in [4.78, 5) is 11.9. The zero-order valence-electron chi connectivity index (χ0n) is 10.6. The molecule has 0 aliphatic rings. The fourth-order valence-corrected chi connectivity index (χ4v) is 2.36. The number of nitrogens with one attached hydrogen (secondary N) is 2. The number of anilines is 1. The van der Waals surface area contributed by atoms with Crippen LogP contribution >= 0.6 is 11.3 Å². The molecule has 1 aromatic rings. The first-order chi connectivity index (χ1) is 8.88. The van der Waals surface area contributed by atoms with Crippen LogP contribution in [0, 0.1) is 0 Å². The van der Waals surface area contributed by atoms with Gasteiger partial charge in [-0.15, -0.1) is 11.3 Å². The zero-order valence-corrected chi connectivity index (χ0v) is 11.5. The molecular weight excluding hydrogens is 277 g/mol. The highest BCUT2D eigenvalue weighted by molar-refractivity contribution is 7.10. The highest BCUT2D eigenvalue weighted by Gasteiger charge is 2.25. The van der Waals surface area contributed by atoms with Gasteiger partial charge in [-0.1, -0.05) is 0 Å². The van der Waals surface area contributed by atoms with E-state index in [1.807, 2.05) is 11.4 Å². The average molecular weight is 294 g/mol. The maximum atomic E-state index is 11.9. The highest BCUT2D eigenvalue weighted by Crippen LogP contribution is 2.23. The molecule has 0 aliphatic heterocycles. The van der Waals surface area contributed by atoms with Gasteiger partial charge in [0.2, 0.25) is 5.91 Å². The third kappa shape index (κ3) is 7.17. The van der Waals surface area contributed by atoms with Crippen LogP contribution in [0.2, 0.25) is 0 Å². The maximum Gasteiger partial charge on any atom is 0.389 e. The van der Waals surface area contributed by atoms with Gasteiger partial charge in [0, 0.05) is 24.8 Å². The third-order valence-corrected chi connectivity index (χ3v) is 3.33. The molecular formula is C12H17F3N2OS. The van der Waals surface area contributed by atoms with Crippen LogP contribution in [0.1, 0.15) is 31.1 Å². The monoisotopic (exact) mass is 294 g/mol. The van der Waals surface area contributed by atoms with Crippen molar-refractivity contribution < 1.29 is 18.0 Å². The molecule has 1 amide bonds. The van der Waals surface area contributed by atoms with Crippen LogP contribution in [0.15, 0.2) is 11.4 Å². The van der Waals surface area contributed by atoms with E-state index in [1.165, 1.54) is 18.3 Å². The van der Waals surface area contributed by atoms with Crippen molar-refractivity contribution in [2.45, 2.75) is 38.9 Å². The van der Waals surface area contributed by atoms with Crippen molar-refractivity contribution in [2.75, 3.05) is 11.9 Å².